The largest absolute Gasteiger partial charge is 0.382 e. The third kappa shape index (κ3) is 3.15. The van der Waals surface area contributed by atoms with Crippen LogP contribution in [0, 0.1) is 5.41 Å². The second-order valence-corrected chi connectivity index (χ2v) is 5.30. The van der Waals surface area contributed by atoms with Crippen molar-refractivity contribution in [1.29, 1.82) is 0 Å². The monoisotopic (exact) mass is 236 g/mol. The van der Waals surface area contributed by atoms with E-state index in [1.165, 1.54) is 0 Å². The fraction of sp³-hybridized carbons (Fsp3) is 0.583. The number of anilines is 1. The summed E-state index contributed by atoms with van der Waals surface area (Å²) in [5, 5.41) is 7.48. The molecule has 0 aliphatic heterocycles. The Morgan fingerprint density at radius 1 is 1.35 bits per heavy atom. The van der Waals surface area contributed by atoms with Gasteiger partial charge in [0.05, 0.1) is 0 Å². The quantitative estimate of drug-likeness (QED) is 0.846. The van der Waals surface area contributed by atoms with Crippen LogP contribution in [0.3, 0.4) is 0 Å². The average molecular weight is 236 g/mol. The zero-order chi connectivity index (χ0) is 13.2. The highest BCUT2D eigenvalue weighted by Crippen LogP contribution is 2.23. The molecule has 0 aliphatic rings. The number of carbonyl (C=O) groups is 1. The molecule has 5 heteroatoms. The van der Waals surface area contributed by atoms with Crippen LogP contribution in [0.25, 0.3) is 0 Å². The van der Waals surface area contributed by atoms with Crippen molar-refractivity contribution in [3.63, 3.8) is 0 Å². The van der Waals surface area contributed by atoms with Crippen molar-refractivity contribution >= 4 is 11.7 Å². The van der Waals surface area contributed by atoms with Gasteiger partial charge in [-0.2, -0.15) is 0 Å². The van der Waals surface area contributed by atoms with Crippen molar-refractivity contribution in [2.75, 3.05) is 12.8 Å². The Morgan fingerprint density at radius 3 is 2.35 bits per heavy atom. The van der Waals surface area contributed by atoms with E-state index in [9.17, 15) is 4.79 Å². The van der Waals surface area contributed by atoms with Gasteiger partial charge in [-0.25, -0.2) is 0 Å². The Labute approximate surface area is 102 Å². The van der Waals surface area contributed by atoms with Crippen molar-refractivity contribution in [2.24, 2.45) is 5.41 Å². The zero-order valence-corrected chi connectivity index (χ0v) is 11.1. The molecule has 0 saturated carbocycles. The molecule has 17 heavy (non-hydrogen) atoms. The highest BCUT2D eigenvalue weighted by atomic mass is 16.2. The summed E-state index contributed by atoms with van der Waals surface area (Å²) in [5.74, 6) is 0.174. The van der Waals surface area contributed by atoms with E-state index >= 15 is 0 Å². The molecule has 94 valence electrons. The maximum absolute atomic E-state index is 12.1. The molecule has 1 atom stereocenters. The van der Waals surface area contributed by atoms with Gasteiger partial charge in [0.2, 0.25) is 0 Å². The number of hydrogen-bond donors (Lipinski definition) is 1. The van der Waals surface area contributed by atoms with Gasteiger partial charge in [0.25, 0.3) is 5.91 Å². The van der Waals surface area contributed by atoms with Gasteiger partial charge < -0.3 is 10.6 Å². The SMILES string of the molecule is CC(N(C)C(=O)c1ccc(N)nn1)C(C)(C)C. The van der Waals surface area contributed by atoms with E-state index in [1.807, 2.05) is 6.92 Å². The van der Waals surface area contributed by atoms with Crippen molar-refractivity contribution in [3.05, 3.63) is 17.8 Å². The van der Waals surface area contributed by atoms with Crippen LogP contribution in [0.5, 0.6) is 0 Å². The predicted molar refractivity (Wildman–Crippen MR) is 67.5 cm³/mol. The molecule has 0 radical (unpaired) electrons. The van der Waals surface area contributed by atoms with Gasteiger partial charge in [0.1, 0.15) is 5.82 Å². The number of hydrogen-bond acceptors (Lipinski definition) is 4. The van der Waals surface area contributed by atoms with Gasteiger partial charge in [0, 0.05) is 13.1 Å². The fourth-order valence-electron chi connectivity index (χ4n) is 1.39. The van der Waals surface area contributed by atoms with Crippen LogP contribution in [-0.4, -0.2) is 34.1 Å². The molecule has 2 N–H and O–H groups in total. The summed E-state index contributed by atoms with van der Waals surface area (Å²) in [5.41, 5.74) is 5.77. The summed E-state index contributed by atoms with van der Waals surface area (Å²) in [4.78, 5) is 13.8. The highest BCUT2D eigenvalue weighted by molar-refractivity contribution is 5.92. The Balaban J connectivity index is 2.87. The van der Waals surface area contributed by atoms with Gasteiger partial charge in [0.15, 0.2) is 5.69 Å². The topological polar surface area (TPSA) is 72.1 Å². The maximum atomic E-state index is 12.1. The van der Waals surface area contributed by atoms with Gasteiger partial charge in [-0.1, -0.05) is 20.8 Å². The first kappa shape index (κ1) is 13.4. The van der Waals surface area contributed by atoms with Gasteiger partial charge >= 0.3 is 0 Å². The molecule has 1 aromatic heterocycles. The number of nitrogen functional groups attached to an aromatic ring is 1. The molecule has 0 bridgehead atoms. The lowest BCUT2D eigenvalue weighted by Crippen LogP contribution is -2.43. The first-order valence-corrected chi connectivity index (χ1v) is 5.60. The van der Waals surface area contributed by atoms with Crippen molar-refractivity contribution < 1.29 is 4.79 Å². The van der Waals surface area contributed by atoms with E-state index in [2.05, 4.69) is 31.0 Å². The minimum Gasteiger partial charge on any atom is -0.382 e. The normalized spacial score (nSPS) is 13.2. The molecular formula is C12H20N4O. The second kappa shape index (κ2) is 4.69. The summed E-state index contributed by atoms with van der Waals surface area (Å²) in [6.45, 7) is 8.30. The summed E-state index contributed by atoms with van der Waals surface area (Å²) in [7, 11) is 1.77. The lowest BCUT2D eigenvalue weighted by molar-refractivity contribution is 0.0622. The van der Waals surface area contributed by atoms with Crippen LogP contribution in [0.15, 0.2) is 12.1 Å². The summed E-state index contributed by atoms with van der Waals surface area (Å²) in [6.07, 6.45) is 0. The van der Waals surface area contributed by atoms with Crippen LogP contribution >= 0.6 is 0 Å². The van der Waals surface area contributed by atoms with Crippen LogP contribution in [-0.2, 0) is 0 Å². The van der Waals surface area contributed by atoms with Crippen molar-refractivity contribution in [2.45, 2.75) is 33.7 Å². The Bertz CT molecular complexity index is 394. The van der Waals surface area contributed by atoms with Crippen molar-refractivity contribution in [1.82, 2.24) is 15.1 Å². The molecule has 0 fully saturated rings. The first-order valence-electron chi connectivity index (χ1n) is 5.60. The van der Waals surface area contributed by atoms with E-state index in [-0.39, 0.29) is 17.4 Å². The number of carbonyl (C=O) groups excluding carboxylic acids is 1. The third-order valence-electron chi connectivity index (χ3n) is 3.06. The number of aromatic nitrogens is 2. The molecule has 0 saturated heterocycles. The average Bonchev–Trinajstić information content (AvgIpc) is 2.26. The number of rotatable bonds is 2. The molecule has 1 aromatic rings. The molecular weight excluding hydrogens is 216 g/mol. The smallest absolute Gasteiger partial charge is 0.274 e. The van der Waals surface area contributed by atoms with Gasteiger partial charge in [-0.3, -0.25) is 4.79 Å². The first-order chi connectivity index (χ1) is 7.73. The molecule has 1 heterocycles. The standard InChI is InChI=1S/C12H20N4O/c1-8(12(2,3)4)16(5)11(17)9-6-7-10(13)15-14-9/h6-8H,1-5H3,(H2,13,15). The Morgan fingerprint density at radius 2 is 1.94 bits per heavy atom. The van der Waals surface area contributed by atoms with Crippen LogP contribution in [0.2, 0.25) is 0 Å². The molecule has 5 nitrogen and oxygen atoms in total. The molecule has 1 amide bonds. The minimum atomic E-state index is -0.139. The number of nitrogens with two attached hydrogens (primary N) is 1. The van der Waals surface area contributed by atoms with Crippen LogP contribution in [0.4, 0.5) is 5.82 Å². The van der Waals surface area contributed by atoms with E-state index in [1.54, 1.807) is 24.1 Å². The number of nitrogens with zero attached hydrogens (tertiary/aromatic N) is 3. The lowest BCUT2D eigenvalue weighted by atomic mass is 9.87. The predicted octanol–water partition coefficient (Wildman–Crippen LogP) is 1.57. The number of amides is 1. The van der Waals surface area contributed by atoms with Crippen molar-refractivity contribution in [3.8, 4) is 0 Å². The summed E-state index contributed by atoms with van der Waals surface area (Å²) >= 11 is 0. The van der Waals surface area contributed by atoms with E-state index in [4.69, 9.17) is 5.73 Å². The molecule has 1 rings (SSSR count). The Kier molecular flexibility index (Phi) is 3.70. The second-order valence-electron chi connectivity index (χ2n) is 5.30. The van der Waals surface area contributed by atoms with E-state index < -0.39 is 0 Å². The van der Waals surface area contributed by atoms with Crippen LogP contribution in [0.1, 0.15) is 38.2 Å². The minimum absolute atomic E-state index is 0.0195. The van der Waals surface area contributed by atoms with Gasteiger partial charge in [-0.15, -0.1) is 10.2 Å². The molecule has 1 unspecified atom stereocenters. The van der Waals surface area contributed by atoms with Crippen LogP contribution < -0.4 is 5.73 Å². The third-order valence-corrected chi connectivity index (χ3v) is 3.06. The Hall–Kier alpha value is -1.65. The van der Waals surface area contributed by atoms with Gasteiger partial charge in [-0.05, 0) is 24.5 Å². The molecule has 0 aliphatic carbocycles. The molecule has 0 spiro atoms. The van der Waals surface area contributed by atoms with E-state index in [0.717, 1.165) is 0 Å². The summed E-state index contributed by atoms with van der Waals surface area (Å²) in [6, 6.07) is 3.28. The maximum Gasteiger partial charge on any atom is 0.274 e. The summed E-state index contributed by atoms with van der Waals surface area (Å²) < 4.78 is 0. The van der Waals surface area contributed by atoms with E-state index in [0.29, 0.717) is 11.5 Å². The highest BCUT2D eigenvalue weighted by Gasteiger charge is 2.28. The zero-order valence-electron chi connectivity index (χ0n) is 11.1. The lowest BCUT2D eigenvalue weighted by Gasteiger charge is -2.35. The molecule has 0 aromatic carbocycles. The fourth-order valence-corrected chi connectivity index (χ4v) is 1.39.